The number of ether oxygens (including phenoxy) is 2. The fraction of sp³-hybridized carbons (Fsp3) is 0.452. The molecule has 2 aliphatic carbocycles. The molecule has 0 radical (unpaired) electrons. The van der Waals surface area contributed by atoms with E-state index in [2.05, 4.69) is 47.5 Å². The second kappa shape index (κ2) is 13.2. The number of phenols is 3. The van der Waals surface area contributed by atoms with Gasteiger partial charge in [0, 0.05) is 5.56 Å². The minimum absolute atomic E-state index is 0.0522. The first kappa shape index (κ1) is 33.5. The number of piperazine rings is 1. The van der Waals surface area contributed by atoms with Gasteiger partial charge in [-0.3, -0.25) is 4.79 Å². The Kier molecular flexibility index (Phi) is 8.65. The summed E-state index contributed by atoms with van der Waals surface area (Å²) in [4.78, 5) is 19.1. The number of rotatable bonds is 8. The highest BCUT2D eigenvalue weighted by atomic mass is 16.5. The molecule has 3 fully saturated rings. The lowest BCUT2D eigenvalue weighted by Crippen LogP contribution is -2.44. The number of benzene rings is 3. The molecule has 1 unspecified atom stereocenters. The second-order valence-corrected chi connectivity index (χ2v) is 15.3. The maximum Gasteiger partial charge on any atom is 0.335 e. The zero-order valence-corrected chi connectivity index (χ0v) is 29.7. The van der Waals surface area contributed by atoms with Crippen LogP contribution in [0.5, 0.6) is 28.7 Å². The minimum atomic E-state index is -0.570. The largest absolute Gasteiger partial charge is 0.508 e. The van der Waals surface area contributed by atoms with Crippen molar-refractivity contribution in [2.45, 2.75) is 82.7 Å². The van der Waals surface area contributed by atoms with Crippen molar-refractivity contribution in [2.24, 2.45) is 5.41 Å². The summed E-state index contributed by atoms with van der Waals surface area (Å²) in [7, 11) is 1.38. The van der Waals surface area contributed by atoms with Crippen molar-refractivity contribution in [1.82, 2.24) is 10.3 Å². The highest BCUT2D eigenvalue weighted by molar-refractivity contribution is 6.05. The average Bonchev–Trinajstić information content (AvgIpc) is 3.89. The predicted octanol–water partition coefficient (Wildman–Crippen LogP) is 7.05. The first-order chi connectivity index (χ1) is 24.7. The summed E-state index contributed by atoms with van der Waals surface area (Å²) in [6, 6.07) is 17.6. The molecule has 1 aromatic heterocycles. The number of methoxy groups -OCH3 is 1. The average molecular weight is 692 g/mol. The van der Waals surface area contributed by atoms with Crippen molar-refractivity contribution in [3.8, 4) is 39.9 Å². The molecule has 4 aromatic rings. The number of aryl methyl sites for hydroxylation is 1. The molecule has 0 bridgehead atoms. The first-order valence-corrected chi connectivity index (χ1v) is 18.6. The maximum absolute atomic E-state index is 11.4. The Balaban J connectivity index is 1.13. The van der Waals surface area contributed by atoms with Crippen LogP contribution in [0.1, 0.15) is 92.3 Å². The van der Waals surface area contributed by atoms with E-state index < -0.39 is 6.10 Å². The smallest absolute Gasteiger partial charge is 0.335 e. The van der Waals surface area contributed by atoms with Gasteiger partial charge in [-0.1, -0.05) is 80.2 Å². The van der Waals surface area contributed by atoms with E-state index in [-0.39, 0.29) is 51.9 Å². The Hall–Kier alpha value is -4.63. The number of aromatic nitrogens is 1. The van der Waals surface area contributed by atoms with Crippen LogP contribution in [0.3, 0.4) is 0 Å². The van der Waals surface area contributed by atoms with Crippen LogP contribution in [-0.4, -0.2) is 59.2 Å². The highest BCUT2D eigenvalue weighted by Gasteiger charge is 2.53. The third kappa shape index (κ3) is 5.70. The lowest BCUT2D eigenvalue weighted by atomic mass is 9.64. The topological polar surface area (TPSA) is 130 Å². The molecule has 4 aliphatic rings. The molecule has 0 amide bonds. The van der Waals surface area contributed by atoms with Crippen molar-refractivity contribution in [1.29, 1.82) is 0 Å². The van der Waals surface area contributed by atoms with Crippen LogP contribution in [0.15, 0.2) is 54.6 Å². The van der Waals surface area contributed by atoms with Crippen molar-refractivity contribution in [3.05, 3.63) is 82.5 Å². The molecule has 268 valence electrons. The normalized spacial score (nSPS) is 22.7. The molecule has 1 saturated heterocycles. The standard InChI is InChI=1S/C42H48N3O6/c1-41(15-6-18-42(41)16-3-4-17-42)34-24-31(40(44-34)45-21-19-43-20-22-45)28-8-5-7-26(23-28)9-14-30-36(48)39(50-2)37(49)35-32(47)25-33(51-38(30)35)27-10-12-29(46)13-11-27/h5,7-8,10-13,23-24,33,43,46H,3-4,6,9,14-22,25H2,1-2H3,(H2,47,48,49)/q-1/p+1/t33?,41-/m1/s1. The molecule has 5 N–H and O–H groups in total. The fourth-order valence-electron chi connectivity index (χ4n) is 9.65. The molecule has 8 rings (SSSR count). The van der Waals surface area contributed by atoms with E-state index in [1.54, 1.807) is 24.3 Å². The molecule has 2 aliphatic heterocycles. The number of phenolic OH excluding ortho intramolecular Hbond substituents is 3. The van der Waals surface area contributed by atoms with Gasteiger partial charge in [0.1, 0.15) is 24.0 Å². The third-order valence-electron chi connectivity index (χ3n) is 12.5. The summed E-state index contributed by atoms with van der Waals surface area (Å²) >= 11 is 0. The Morgan fingerprint density at radius 1 is 0.941 bits per heavy atom. The van der Waals surface area contributed by atoms with Crippen LogP contribution in [0.25, 0.3) is 11.1 Å². The molecule has 2 atom stereocenters. The second-order valence-electron chi connectivity index (χ2n) is 15.3. The summed E-state index contributed by atoms with van der Waals surface area (Å²) in [5.41, 5.74) is 6.43. The number of ketones is 1. The summed E-state index contributed by atoms with van der Waals surface area (Å²) in [6.07, 6.45) is 9.50. The van der Waals surface area contributed by atoms with Crippen molar-refractivity contribution in [2.75, 3.05) is 38.2 Å². The lowest BCUT2D eigenvalue weighted by Gasteiger charge is -2.43. The van der Waals surface area contributed by atoms with Gasteiger partial charge in [0.15, 0.2) is 17.1 Å². The number of hydrogen-bond acceptors (Lipinski definition) is 7. The quantitative estimate of drug-likeness (QED) is 0.145. The van der Waals surface area contributed by atoms with Gasteiger partial charge in [-0.15, -0.1) is 0 Å². The number of fused-ring (bicyclic) bond motifs is 1. The number of nitrogens with zero attached hydrogens (tertiary/aromatic N) is 2. The van der Waals surface area contributed by atoms with E-state index in [4.69, 9.17) is 14.5 Å². The summed E-state index contributed by atoms with van der Waals surface area (Å²) in [6.45, 7) is 6.21. The Bertz CT molecular complexity index is 1930. The number of hydrogen-bond donors (Lipinski definition) is 4. The van der Waals surface area contributed by atoms with Gasteiger partial charge in [-0.2, -0.15) is 0 Å². The van der Waals surface area contributed by atoms with Crippen molar-refractivity contribution < 1.29 is 29.6 Å². The number of anilines is 1. The van der Waals surface area contributed by atoms with Gasteiger partial charge in [0.25, 0.3) is 0 Å². The van der Waals surface area contributed by atoms with Crippen LogP contribution in [-0.2, 0) is 18.3 Å². The van der Waals surface area contributed by atoms with Crippen LogP contribution >= 0.6 is 0 Å². The van der Waals surface area contributed by atoms with E-state index in [1.807, 2.05) is 0 Å². The predicted molar refractivity (Wildman–Crippen MR) is 198 cm³/mol. The van der Waals surface area contributed by atoms with Gasteiger partial charge >= 0.3 is 5.78 Å². The van der Waals surface area contributed by atoms with Gasteiger partial charge in [0.2, 0.25) is 5.75 Å². The van der Waals surface area contributed by atoms with E-state index >= 15 is 0 Å². The minimum Gasteiger partial charge on any atom is -0.508 e. The Morgan fingerprint density at radius 2 is 1.69 bits per heavy atom. The van der Waals surface area contributed by atoms with Crippen LogP contribution < -0.4 is 24.7 Å². The van der Waals surface area contributed by atoms with Crippen LogP contribution in [0.2, 0.25) is 0 Å². The van der Waals surface area contributed by atoms with Crippen molar-refractivity contribution in [3.63, 3.8) is 0 Å². The zero-order chi connectivity index (χ0) is 35.3. The van der Waals surface area contributed by atoms with Gasteiger partial charge in [-0.25, -0.2) is 0 Å². The molecule has 9 heteroatoms. The van der Waals surface area contributed by atoms with Crippen LogP contribution in [0, 0.1) is 5.41 Å². The number of carbonyl (C=O) groups excluding carboxylic acids is 1. The SMILES string of the molecule is COc1c(O)c(CCc2cccc(-c3cc([C@@]4(C)CCCC45CCCC5)[n-]c3N3CCNCC3)c2)c2c(c1O)C(=[OH+])CC(c1ccc(O)cc1)O2. The third-order valence-corrected chi connectivity index (χ3v) is 12.5. The van der Waals surface area contributed by atoms with Crippen molar-refractivity contribution >= 4 is 11.6 Å². The molecule has 9 nitrogen and oxygen atoms in total. The van der Waals surface area contributed by atoms with Crippen LogP contribution in [0.4, 0.5) is 5.82 Å². The molecule has 2 saturated carbocycles. The lowest BCUT2D eigenvalue weighted by molar-refractivity contribution is 0.172. The fourth-order valence-corrected chi connectivity index (χ4v) is 9.65. The van der Waals surface area contributed by atoms with E-state index in [0.29, 0.717) is 23.8 Å². The maximum atomic E-state index is 11.4. The molecular weight excluding hydrogens is 642 g/mol. The molecule has 3 heterocycles. The van der Waals surface area contributed by atoms with E-state index in [0.717, 1.165) is 48.7 Å². The van der Waals surface area contributed by atoms with Gasteiger partial charge in [-0.05, 0) is 110 Å². The van der Waals surface area contributed by atoms with E-state index in [9.17, 15) is 20.1 Å². The molecule has 51 heavy (non-hydrogen) atoms. The monoisotopic (exact) mass is 691 g/mol. The Labute approximate surface area is 299 Å². The first-order valence-electron chi connectivity index (χ1n) is 18.6. The highest BCUT2D eigenvalue weighted by Crippen LogP contribution is 2.62. The van der Waals surface area contributed by atoms with E-state index in [1.165, 1.54) is 63.3 Å². The molecular formula is C42H49N3O6. The Morgan fingerprint density at radius 3 is 2.43 bits per heavy atom. The summed E-state index contributed by atoms with van der Waals surface area (Å²) < 4.78 is 11.8. The van der Waals surface area contributed by atoms with Gasteiger partial charge in [0.05, 0.1) is 7.11 Å². The summed E-state index contributed by atoms with van der Waals surface area (Å²) in [5, 5.41) is 35.8. The molecule has 3 aromatic carbocycles. The zero-order valence-electron chi connectivity index (χ0n) is 29.7. The summed E-state index contributed by atoms with van der Waals surface area (Å²) in [5.74, 6) is 0.745. The number of aromatic hydroxyl groups is 3. The number of nitrogens with one attached hydrogen (secondary N) is 1. The van der Waals surface area contributed by atoms with Gasteiger partial charge < -0.3 is 40.0 Å². The molecule has 1 spiro atoms.